The summed E-state index contributed by atoms with van der Waals surface area (Å²) in [6, 6.07) is 2.61. The van der Waals surface area contributed by atoms with Crippen LogP contribution in [0.15, 0.2) is 6.07 Å². The third kappa shape index (κ3) is 3.33. The zero-order chi connectivity index (χ0) is 13.0. The second-order valence-electron chi connectivity index (χ2n) is 4.53. The number of rotatable bonds is 5. The average molecular weight is 238 g/mol. The maximum atomic E-state index is 10.9. The normalized spacial score (nSPS) is 10.9. The van der Waals surface area contributed by atoms with Gasteiger partial charge in [0, 0.05) is 23.9 Å². The fourth-order valence-electron chi connectivity index (χ4n) is 2.23. The molecule has 0 aromatic carbocycles. The van der Waals surface area contributed by atoms with Crippen LogP contribution >= 0.6 is 0 Å². The van der Waals surface area contributed by atoms with E-state index in [-0.39, 0.29) is 12.5 Å². The predicted molar refractivity (Wildman–Crippen MR) is 68.0 cm³/mol. The third-order valence-electron chi connectivity index (χ3n) is 2.91. The molecule has 0 aliphatic carbocycles. The van der Waals surface area contributed by atoms with Gasteiger partial charge in [-0.25, -0.2) is 0 Å². The molecule has 96 valence electrons. The second-order valence-corrected chi connectivity index (χ2v) is 4.53. The van der Waals surface area contributed by atoms with Gasteiger partial charge in [-0.3, -0.25) is 4.79 Å². The number of nitrogens with two attached hydrogens (primary N) is 1. The van der Waals surface area contributed by atoms with Crippen LogP contribution in [0, 0.1) is 13.8 Å². The van der Waals surface area contributed by atoms with Gasteiger partial charge in [-0.05, 0) is 39.3 Å². The molecule has 17 heavy (non-hydrogen) atoms. The minimum Gasteiger partial charge on any atom is -0.464 e. The molecule has 0 aliphatic heterocycles. The highest BCUT2D eigenvalue weighted by molar-refractivity contribution is 5.71. The summed E-state index contributed by atoms with van der Waals surface area (Å²) < 4.78 is 7.28. The summed E-state index contributed by atoms with van der Waals surface area (Å²) in [5.74, 6) is -0.345. The summed E-state index contributed by atoms with van der Waals surface area (Å²) >= 11 is 0. The predicted octanol–water partition coefficient (Wildman–Crippen LogP) is 1.73. The molecule has 0 bridgehead atoms. The summed E-state index contributed by atoms with van der Waals surface area (Å²) in [5, 5.41) is 0. The van der Waals surface area contributed by atoms with Crippen LogP contribution in [0.5, 0.6) is 0 Å². The van der Waals surface area contributed by atoms with E-state index in [1.165, 1.54) is 17.0 Å². The van der Waals surface area contributed by atoms with E-state index < -0.39 is 0 Å². The standard InChI is InChI=1S/C13H22N2O2/c1-9(2)15-10(3)7-12(11(15)4)5-6-17-13(16)8-14/h7,9H,5-6,8,14H2,1-4H3. The second kappa shape index (κ2) is 5.87. The Morgan fingerprint density at radius 3 is 2.59 bits per heavy atom. The molecule has 0 atom stereocenters. The van der Waals surface area contributed by atoms with E-state index in [0.29, 0.717) is 12.6 Å². The Kier molecular flexibility index (Phi) is 4.75. The van der Waals surface area contributed by atoms with Crippen molar-refractivity contribution in [1.82, 2.24) is 4.57 Å². The SMILES string of the molecule is Cc1cc(CCOC(=O)CN)c(C)n1C(C)C. The van der Waals surface area contributed by atoms with Crippen molar-refractivity contribution in [3.8, 4) is 0 Å². The van der Waals surface area contributed by atoms with E-state index in [0.717, 1.165) is 6.42 Å². The molecule has 1 aromatic rings. The molecule has 0 fully saturated rings. The third-order valence-corrected chi connectivity index (χ3v) is 2.91. The Hall–Kier alpha value is -1.29. The van der Waals surface area contributed by atoms with Gasteiger partial charge in [0.05, 0.1) is 13.2 Å². The molecule has 0 unspecified atom stereocenters. The molecular formula is C13H22N2O2. The lowest BCUT2D eigenvalue weighted by Crippen LogP contribution is -2.18. The van der Waals surface area contributed by atoms with E-state index in [9.17, 15) is 4.79 Å². The van der Waals surface area contributed by atoms with Crippen LogP contribution in [-0.4, -0.2) is 23.7 Å². The van der Waals surface area contributed by atoms with Crippen molar-refractivity contribution in [2.24, 2.45) is 5.73 Å². The van der Waals surface area contributed by atoms with Gasteiger partial charge in [0.25, 0.3) is 0 Å². The fourth-order valence-corrected chi connectivity index (χ4v) is 2.23. The first-order valence-corrected chi connectivity index (χ1v) is 6.00. The number of aromatic nitrogens is 1. The first-order valence-electron chi connectivity index (χ1n) is 6.00. The molecule has 0 saturated heterocycles. The molecule has 1 heterocycles. The molecule has 1 rings (SSSR count). The number of hydrogen-bond donors (Lipinski definition) is 1. The summed E-state index contributed by atoms with van der Waals surface area (Å²) in [4.78, 5) is 10.9. The average Bonchev–Trinajstić information content (AvgIpc) is 2.53. The van der Waals surface area contributed by atoms with Crippen molar-refractivity contribution >= 4 is 5.97 Å². The Morgan fingerprint density at radius 1 is 1.47 bits per heavy atom. The molecular weight excluding hydrogens is 216 g/mol. The summed E-state index contributed by atoms with van der Waals surface area (Å²) in [5.41, 5.74) is 8.91. The summed E-state index contributed by atoms with van der Waals surface area (Å²) in [6.07, 6.45) is 0.748. The maximum absolute atomic E-state index is 10.9. The van der Waals surface area contributed by atoms with Crippen LogP contribution in [0.4, 0.5) is 0 Å². The minimum atomic E-state index is -0.345. The van der Waals surface area contributed by atoms with Crippen molar-refractivity contribution in [3.05, 3.63) is 23.0 Å². The number of hydrogen-bond acceptors (Lipinski definition) is 3. The van der Waals surface area contributed by atoms with E-state index in [2.05, 4.69) is 38.3 Å². The van der Waals surface area contributed by atoms with Crippen LogP contribution in [-0.2, 0) is 16.0 Å². The van der Waals surface area contributed by atoms with Gasteiger partial charge in [0.2, 0.25) is 0 Å². The van der Waals surface area contributed by atoms with Crippen molar-refractivity contribution in [2.45, 2.75) is 40.2 Å². The monoisotopic (exact) mass is 238 g/mol. The number of ether oxygens (including phenoxy) is 1. The van der Waals surface area contributed by atoms with Crippen LogP contribution in [0.25, 0.3) is 0 Å². The van der Waals surface area contributed by atoms with Gasteiger partial charge >= 0.3 is 5.97 Å². The number of carbonyl (C=O) groups is 1. The highest BCUT2D eigenvalue weighted by Gasteiger charge is 2.11. The van der Waals surface area contributed by atoms with Crippen molar-refractivity contribution in [1.29, 1.82) is 0 Å². The highest BCUT2D eigenvalue weighted by atomic mass is 16.5. The zero-order valence-corrected chi connectivity index (χ0v) is 11.1. The lowest BCUT2D eigenvalue weighted by Gasteiger charge is -2.13. The molecule has 0 radical (unpaired) electrons. The van der Waals surface area contributed by atoms with Crippen molar-refractivity contribution in [3.63, 3.8) is 0 Å². The number of esters is 1. The highest BCUT2D eigenvalue weighted by Crippen LogP contribution is 2.20. The van der Waals surface area contributed by atoms with Gasteiger partial charge in [-0.15, -0.1) is 0 Å². The lowest BCUT2D eigenvalue weighted by molar-refractivity contribution is -0.141. The molecule has 0 saturated carbocycles. The Balaban J connectivity index is 2.67. The van der Waals surface area contributed by atoms with Crippen LogP contribution in [0.1, 0.15) is 36.8 Å². The first kappa shape index (κ1) is 13.8. The van der Waals surface area contributed by atoms with E-state index in [1.807, 2.05) is 0 Å². The maximum Gasteiger partial charge on any atom is 0.319 e. The van der Waals surface area contributed by atoms with E-state index in [4.69, 9.17) is 10.5 Å². The molecule has 4 nitrogen and oxygen atoms in total. The van der Waals surface area contributed by atoms with E-state index in [1.54, 1.807) is 0 Å². The molecule has 0 spiro atoms. The Labute approximate surface area is 103 Å². The Morgan fingerprint density at radius 2 is 2.12 bits per heavy atom. The van der Waals surface area contributed by atoms with Crippen LogP contribution in [0.3, 0.4) is 0 Å². The smallest absolute Gasteiger partial charge is 0.319 e. The van der Waals surface area contributed by atoms with Gasteiger partial charge in [0.1, 0.15) is 0 Å². The van der Waals surface area contributed by atoms with Gasteiger partial charge in [-0.1, -0.05) is 0 Å². The quantitative estimate of drug-likeness (QED) is 0.795. The van der Waals surface area contributed by atoms with Crippen LogP contribution in [0.2, 0.25) is 0 Å². The Bertz CT molecular complexity index is 394. The molecule has 0 aliphatic rings. The minimum absolute atomic E-state index is 0.0506. The molecule has 2 N–H and O–H groups in total. The number of aryl methyl sites for hydroxylation is 1. The topological polar surface area (TPSA) is 57.2 Å². The van der Waals surface area contributed by atoms with Gasteiger partial charge < -0.3 is 15.0 Å². The van der Waals surface area contributed by atoms with Crippen molar-refractivity contribution < 1.29 is 9.53 Å². The zero-order valence-electron chi connectivity index (χ0n) is 11.1. The first-order chi connectivity index (χ1) is 7.97. The van der Waals surface area contributed by atoms with Gasteiger partial charge in [0.15, 0.2) is 0 Å². The fraction of sp³-hybridized carbons (Fsp3) is 0.615. The summed E-state index contributed by atoms with van der Waals surface area (Å²) in [7, 11) is 0. The van der Waals surface area contributed by atoms with Gasteiger partial charge in [-0.2, -0.15) is 0 Å². The number of nitrogens with zero attached hydrogens (tertiary/aromatic N) is 1. The molecule has 1 aromatic heterocycles. The molecule has 0 amide bonds. The lowest BCUT2D eigenvalue weighted by atomic mass is 10.2. The number of carbonyl (C=O) groups excluding carboxylic acids is 1. The van der Waals surface area contributed by atoms with Crippen LogP contribution < -0.4 is 5.73 Å². The largest absolute Gasteiger partial charge is 0.464 e. The van der Waals surface area contributed by atoms with E-state index >= 15 is 0 Å². The molecule has 4 heteroatoms. The van der Waals surface area contributed by atoms with Crippen molar-refractivity contribution in [2.75, 3.05) is 13.2 Å². The summed E-state index contributed by atoms with van der Waals surface area (Å²) in [6.45, 7) is 8.88.